The third kappa shape index (κ3) is 5.12. The van der Waals surface area contributed by atoms with E-state index in [1.165, 1.54) is 12.3 Å². The highest BCUT2D eigenvalue weighted by Crippen LogP contribution is 2.42. The molecule has 1 aliphatic rings. The van der Waals surface area contributed by atoms with Crippen molar-refractivity contribution in [3.63, 3.8) is 0 Å². The van der Waals surface area contributed by atoms with Crippen LogP contribution in [-0.2, 0) is 28.4 Å². The number of ether oxygens (including phenoxy) is 1. The highest BCUT2D eigenvalue weighted by molar-refractivity contribution is 7.92. The van der Waals surface area contributed by atoms with Crippen LogP contribution in [0.15, 0.2) is 52.2 Å². The lowest BCUT2D eigenvalue weighted by atomic mass is 9.85. The first kappa shape index (κ1) is 24.6. The van der Waals surface area contributed by atoms with Crippen molar-refractivity contribution >= 4 is 21.4 Å². The van der Waals surface area contributed by atoms with Gasteiger partial charge in [0.25, 0.3) is 5.56 Å². The number of nitrogens with zero attached hydrogens (tertiary/aromatic N) is 2. The molecule has 3 aromatic rings. The molecule has 1 aliphatic heterocycles. The van der Waals surface area contributed by atoms with Crippen molar-refractivity contribution in [1.29, 1.82) is 0 Å². The zero-order chi connectivity index (χ0) is 25.5. The molecule has 9 nitrogen and oxygen atoms in total. The van der Waals surface area contributed by atoms with E-state index in [1.54, 1.807) is 13.2 Å². The first-order valence-electron chi connectivity index (χ1n) is 11.3. The molecule has 2 N–H and O–H groups in total. The Kier molecular flexibility index (Phi) is 6.27. The van der Waals surface area contributed by atoms with Gasteiger partial charge in [-0.2, -0.15) is 0 Å². The molecule has 0 aliphatic carbocycles. The van der Waals surface area contributed by atoms with Crippen molar-refractivity contribution in [2.45, 2.75) is 39.2 Å². The fourth-order valence-corrected chi connectivity index (χ4v) is 4.99. The van der Waals surface area contributed by atoms with Gasteiger partial charge in [0.2, 0.25) is 10.0 Å². The Morgan fingerprint density at radius 3 is 2.43 bits per heavy atom. The van der Waals surface area contributed by atoms with E-state index in [0.717, 1.165) is 33.2 Å². The van der Waals surface area contributed by atoms with Crippen LogP contribution in [-0.4, -0.2) is 37.9 Å². The molecule has 0 fully saturated rings. The van der Waals surface area contributed by atoms with Crippen LogP contribution in [0.1, 0.15) is 37.5 Å². The van der Waals surface area contributed by atoms with E-state index in [9.17, 15) is 18.0 Å². The third-order valence-electron chi connectivity index (χ3n) is 6.04. The second-order valence-corrected chi connectivity index (χ2v) is 11.5. The number of benzene rings is 2. The minimum absolute atomic E-state index is 0.318. The normalized spacial score (nSPS) is 13.9. The molecule has 0 unspecified atom stereocenters. The minimum atomic E-state index is -3.36. The van der Waals surface area contributed by atoms with Crippen LogP contribution in [0.25, 0.3) is 5.69 Å². The molecule has 0 spiro atoms. The SMILES string of the molecule is COc1c(N2CCc3cc(NS(C)(=O)=O)ccc3C2)cc(-n2c(=O)cc[nH]c2=O)cc1C(C)(C)C. The van der Waals surface area contributed by atoms with E-state index >= 15 is 0 Å². The van der Waals surface area contributed by atoms with Crippen LogP contribution in [0.5, 0.6) is 5.75 Å². The van der Waals surface area contributed by atoms with Crippen LogP contribution < -0.4 is 25.6 Å². The third-order valence-corrected chi connectivity index (χ3v) is 6.65. The van der Waals surface area contributed by atoms with Crippen molar-refractivity contribution in [2.75, 3.05) is 29.5 Å². The number of H-pyrrole nitrogens is 1. The van der Waals surface area contributed by atoms with Crippen molar-refractivity contribution < 1.29 is 13.2 Å². The van der Waals surface area contributed by atoms with Gasteiger partial charge < -0.3 is 14.6 Å². The lowest BCUT2D eigenvalue weighted by Gasteiger charge is -2.34. The van der Waals surface area contributed by atoms with Crippen LogP contribution in [0.3, 0.4) is 0 Å². The zero-order valence-corrected chi connectivity index (χ0v) is 21.3. The summed E-state index contributed by atoms with van der Waals surface area (Å²) in [5.41, 5.74) is 3.55. The van der Waals surface area contributed by atoms with Crippen molar-refractivity contribution in [1.82, 2.24) is 9.55 Å². The Bertz CT molecular complexity index is 1470. The van der Waals surface area contributed by atoms with Crippen molar-refractivity contribution in [3.05, 3.63) is 80.1 Å². The van der Waals surface area contributed by atoms with E-state index in [1.807, 2.05) is 24.3 Å². The van der Waals surface area contributed by atoms with Gasteiger partial charge in [0.1, 0.15) is 5.75 Å². The fraction of sp³-hybridized carbons (Fsp3) is 0.360. The lowest BCUT2D eigenvalue weighted by molar-refractivity contribution is 0.396. The molecule has 0 radical (unpaired) electrons. The molecule has 186 valence electrons. The number of aromatic amines is 1. The fourth-order valence-electron chi connectivity index (χ4n) is 4.44. The summed E-state index contributed by atoms with van der Waals surface area (Å²) in [5, 5.41) is 0. The summed E-state index contributed by atoms with van der Waals surface area (Å²) in [6.45, 7) is 7.38. The van der Waals surface area contributed by atoms with E-state index in [4.69, 9.17) is 4.74 Å². The maximum absolute atomic E-state index is 12.6. The number of hydrogen-bond acceptors (Lipinski definition) is 6. The van der Waals surface area contributed by atoms with Crippen molar-refractivity contribution in [3.8, 4) is 11.4 Å². The number of aromatic nitrogens is 2. The first-order valence-corrected chi connectivity index (χ1v) is 13.1. The maximum Gasteiger partial charge on any atom is 0.332 e. The molecule has 0 amide bonds. The number of methoxy groups -OCH3 is 1. The van der Waals surface area contributed by atoms with Gasteiger partial charge in [0, 0.05) is 36.6 Å². The lowest BCUT2D eigenvalue weighted by Crippen LogP contribution is -2.34. The zero-order valence-electron chi connectivity index (χ0n) is 20.5. The van der Waals surface area contributed by atoms with Gasteiger partial charge in [-0.15, -0.1) is 0 Å². The molecule has 0 saturated heterocycles. The molecule has 1 aromatic heterocycles. The number of rotatable bonds is 5. The summed E-state index contributed by atoms with van der Waals surface area (Å²) in [7, 11) is -1.74. The van der Waals surface area contributed by atoms with Crippen LogP contribution in [0, 0.1) is 0 Å². The van der Waals surface area contributed by atoms with E-state index in [0.29, 0.717) is 36.6 Å². The number of nitrogens with one attached hydrogen (secondary N) is 2. The summed E-state index contributed by atoms with van der Waals surface area (Å²) < 4.78 is 32.7. The van der Waals surface area contributed by atoms with Crippen LogP contribution in [0.4, 0.5) is 11.4 Å². The second kappa shape index (κ2) is 8.92. The van der Waals surface area contributed by atoms with E-state index < -0.39 is 21.3 Å². The highest BCUT2D eigenvalue weighted by Gasteiger charge is 2.27. The van der Waals surface area contributed by atoms with E-state index in [2.05, 4.69) is 35.4 Å². The second-order valence-electron chi connectivity index (χ2n) is 9.78. The number of anilines is 2. The molecular formula is C25H30N4O5S. The predicted octanol–water partition coefficient (Wildman–Crippen LogP) is 2.77. The summed E-state index contributed by atoms with van der Waals surface area (Å²) in [4.78, 5) is 29.9. The molecular weight excluding hydrogens is 468 g/mol. The Labute approximate surface area is 204 Å². The molecule has 0 saturated carbocycles. The van der Waals surface area contributed by atoms with Gasteiger partial charge in [-0.05, 0) is 47.2 Å². The summed E-state index contributed by atoms with van der Waals surface area (Å²) >= 11 is 0. The van der Waals surface area contributed by atoms with E-state index in [-0.39, 0.29) is 5.41 Å². The summed E-state index contributed by atoms with van der Waals surface area (Å²) in [6.07, 6.45) is 3.16. The Morgan fingerprint density at radius 2 is 1.80 bits per heavy atom. The minimum Gasteiger partial charge on any atom is -0.494 e. The molecule has 4 rings (SSSR count). The highest BCUT2D eigenvalue weighted by atomic mass is 32.2. The number of fused-ring (bicyclic) bond motifs is 1. The Balaban J connectivity index is 1.83. The Morgan fingerprint density at radius 1 is 1.06 bits per heavy atom. The molecule has 2 heterocycles. The van der Waals surface area contributed by atoms with Gasteiger partial charge in [-0.1, -0.05) is 26.8 Å². The first-order chi connectivity index (χ1) is 16.4. The van der Waals surface area contributed by atoms with Crippen LogP contribution in [0.2, 0.25) is 0 Å². The maximum atomic E-state index is 12.6. The average Bonchev–Trinajstić information content (AvgIpc) is 2.76. The van der Waals surface area contributed by atoms with Crippen molar-refractivity contribution in [2.24, 2.45) is 0 Å². The monoisotopic (exact) mass is 498 g/mol. The molecule has 0 bridgehead atoms. The van der Waals surface area contributed by atoms with Crippen LogP contribution >= 0.6 is 0 Å². The topological polar surface area (TPSA) is 114 Å². The largest absolute Gasteiger partial charge is 0.494 e. The summed E-state index contributed by atoms with van der Waals surface area (Å²) in [5.74, 6) is 0.695. The average molecular weight is 499 g/mol. The number of hydrogen-bond donors (Lipinski definition) is 2. The van der Waals surface area contributed by atoms with Gasteiger partial charge >= 0.3 is 5.69 Å². The molecule has 2 aromatic carbocycles. The standard InChI is InChI=1S/C25H30N4O5S/c1-25(2,3)20-13-19(29-22(30)8-10-26-24(29)31)14-21(23(20)34-4)28-11-9-16-12-18(27-35(5,32)33)7-6-17(16)15-28/h6-8,10,12-14,27H,9,11,15H2,1-5H3,(H,26,31). The number of sulfonamides is 1. The smallest absolute Gasteiger partial charge is 0.332 e. The molecule has 0 atom stereocenters. The Hall–Kier alpha value is -3.53. The van der Waals surface area contributed by atoms with Gasteiger partial charge in [0.15, 0.2) is 0 Å². The quantitative estimate of drug-likeness (QED) is 0.559. The molecule has 10 heteroatoms. The summed E-state index contributed by atoms with van der Waals surface area (Å²) in [6, 6.07) is 10.5. The predicted molar refractivity (Wildman–Crippen MR) is 138 cm³/mol. The van der Waals surface area contributed by atoms with Gasteiger partial charge in [0.05, 0.1) is 24.7 Å². The van der Waals surface area contributed by atoms with Gasteiger partial charge in [-0.25, -0.2) is 17.8 Å². The van der Waals surface area contributed by atoms with Gasteiger partial charge in [-0.3, -0.25) is 9.52 Å². The molecule has 35 heavy (non-hydrogen) atoms.